The molecular formula is C13H17N3. The van der Waals surface area contributed by atoms with Gasteiger partial charge in [0.15, 0.2) is 0 Å². The van der Waals surface area contributed by atoms with Gasteiger partial charge < -0.3 is 4.90 Å². The van der Waals surface area contributed by atoms with Crippen molar-refractivity contribution in [1.82, 2.24) is 4.98 Å². The molecule has 1 atom stereocenters. The molecule has 0 spiro atoms. The number of pyridine rings is 1. The molecule has 1 fully saturated rings. The van der Waals surface area contributed by atoms with Gasteiger partial charge in [0.25, 0.3) is 0 Å². The Morgan fingerprint density at radius 3 is 3.06 bits per heavy atom. The molecular weight excluding hydrogens is 198 g/mol. The number of hydrogen-bond donors (Lipinski definition) is 0. The van der Waals surface area contributed by atoms with Gasteiger partial charge in [-0.25, -0.2) is 4.98 Å². The topological polar surface area (TPSA) is 39.9 Å². The minimum Gasteiger partial charge on any atom is -0.353 e. The van der Waals surface area contributed by atoms with Crippen LogP contribution in [0.15, 0.2) is 12.1 Å². The van der Waals surface area contributed by atoms with E-state index in [0.29, 0.717) is 11.6 Å². The molecule has 2 rings (SSSR count). The van der Waals surface area contributed by atoms with Gasteiger partial charge in [-0.1, -0.05) is 6.92 Å². The quantitative estimate of drug-likeness (QED) is 0.761. The number of anilines is 1. The van der Waals surface area contributed by atoms with Crippen LogP contribution in [-0.4, -0.2) is 17.6 Å². The van der Waals surface area contributed by atoms with Crippen LogP contribution in [0.4, 0.5) is 5.82 Å². The van der Waals surface area contributed by atoms with E-state index in [1.54, 1.807) is 0 Å². The zero-order valence-electron chi connectivity index (χ0n) is 9.90. The van der Waals surface area contributed by atoms with E-state index in [4.69, 9.17) is 5.26 Å². The first kappa shape index (κ1) is 10.9. The molecule has 0 amide bonds. The van der Waals surface area contributed by atoms with E-state index in [1.165, 1.54) is 12.8 Å². The molecule has 3 nitrogen and oxygen atoms in total. The van der Waals surface area contributed by atoms with Crippen LogP contribution in [0.2, 0.25) is 0 Å². The largest absolute Gasteiger partial charge is 0.353 e. The van der Waals surface area contributed by atoms with E-state index in [9.17, 15) is 0 Å². The van der Waals surface area contributed by atoms with Crippen LogP contribution in [0, 0.1) is 18.3 Å². The van der Waals surface area contributed by atoms with Gasteiger partial charge in [-0.2, -0.15) is 5.26 Å². The summed E-state index contributed by atoms with van der Waals surface area (Å²) in [6.07, 6.45) is 3.55. The van der Waals surface area contributed by atoms with Gasteiger partial charge in [0.1, 0.15) is 11.9 Å². The highest BCUT2D eigenvalue weighted by molar-refractivity contribution is 5.55. The Morgan fingerprint density at radius 2 is 2.38 bits per heavy atom. The standard InChI is InChI=1S/C13H17N3/c1-3-12-5-4-8-16(12)13-11(9-14)7-6-10(2)15-13/h6-7,12H,3-5,8H2,1-2H3. The molecule has 1 aliphatic heterocycles. The molecule has 3 heteroatoms. The first-order valence-corrected chi connectivity index (χ1v) is 5.90. The summed E-state index contributed by atoms with van der Waals surface area (Å²) >= 11 is 0. The van der Waals surface area contributed by atoms with Crippen LogP contribution in [0.25, 0.3) is 0 Å². The van der Waals surface area contributed by atoms with Crippen LogP contribution in [0.5, 0.6) is 0 Å². The van der Waals surface area contributed by atoms with Crippen LogP contribution in [0.1, 0.15) is 37.4 Å². The summed E-state index contributed by atoms with van der Waals surface area (Å²) in [6, 6.07) is 6.58. The molecule has 0 aromatic carbocycles. The highest BCUT2D eigenvalue weighted by atomic mass is 15.2. The van der Waals surface area contributed by atoms with E-state index in [2.05, 4.69) is 22.9 Å². The van der Waals surface area contributed by atoms with E-state index in [0.717, 1.165) is 24.5 Å². The van der Waals surface area contributed by atoms with Crippen molar-refractivity contribution >= 4 is 5.82 Å². The Morgan fingerprint density at radius 1 is 1.56 bits per heavy atom. The first-order valence-electron chi connectivity index (χ1n) is 5.90. The average Bonchev–Trinajstić information content (AvgIpc) is 2.76. The summed E-state index contributed by atoms with van der Waals surface area (Å²) in [6.45, 7) is 5.20. The third-order valence-electron chi connectivity index (χ3n) is 3.26. The SMILES string of the molecule is CCC1CCCN1c1nc(C)ccc1C#N. The van der Waals surface area contributed by atoms with E-state index >= 15 is 0 Å². The van der Waals surface area contributed by atoms with Crippen molar-refractivity contribution < 1.29 is 0 Å². The van der Waals surface area contributed by atoms with Gasteiger partial charge >= 0.3 is 0 Å². The molecule has 0 bridgehead atoms. The van der Waals surface area contributed by atoms with Gasteiger partial charge in [-0.15, -0.1) is 0 Å². The number of nitrogens with zero attached hydrogens (tertiary/aromatic N) is 3. The first-order chi connectivity index (χ1) is 7.76. The predicted octanol–water partition coefficient (Wildman–Crippen LogP) is 2.64. The van der Waals surface area contributed by atoms with Gasteiger partial charge in [-0.3, -0.25) is 0 Å². The molecule has 0 aliphatic carbocycles. The second-order valence-corrected chi connectivity index (χ2v) is 4.33. The molecule has 1 aliphatic rings. The second kappa shape index (κ2) is 4.52. The lowest BCUT2D eigenvalue weighted by Gasteiger charge is -2.25. The Labute approximate surface area is 96.7 Å². The molecule has 84 valence electrons. The van der Waals surface area contributed by atoms with Gasteiger partial charge in [0.05, 0.1) is 5.56 Å². The van der Waals surface area contributed by atoms with Crippen LogP contribution in [-0.2, 0) is 0 Å². The fourth-order valence-corrected chi connectivity index (χ4v) is 2.39. The van der Waals surface area contributed by atoms with Crippen molar-refractivity contribution in [1.29, 1.82) is 5.26 Å². The maximum atomic E-state index is 9.11. The molecule has 1 unspecified atom stereocenters. The molecule has 1 aromatic rings. The highest BCUT2D eigenvalue weighted by Crippen LogP contribution is 2.28. The second-order valence-electron chi connectivity index (χ2n) is 4.33. The smallest absolute Gasteiger partial charge is 0.147 e. The summed E-state index contributed by atoms with van der Waals surface area (Å²) in [7, 11) is 0. The Balaban J connectivity index is 2.39. The molecule has 0 saturated carbocycles. The van der Waals surface area contributed by atoms with Crippen molar-refractivity contribution in [2.75, 3.05) is 11.4 Å². The highest BCUT2D eigenvalue weighted by Gasteiger charge is 2.25. The zero-order valence-corrected chi connectivity index (χ0v) is 9.90. The molecule has 0 radical (unpaired) electrons. The molecule has 1 saturated heterocycles. The maximum Gasteiger partial charge on any atom is 0.147 e. The summed E-state index contributed by atoms with van der Waals surface area (Å²) in [5, 5.41) is 9.11. The maximum absolute atomic E-state index is 9.11. The van der Waals surface area contributed by atoms with Gasteiger partial charge in [0.2, 0.25) is 0 Å². The van der Waals surface area contributed by atoms with Gasteiger partial charge in [0, 0.05) is 18.3 Å². The number of nitriles is 1. The Hall–Kier alpha value is -1.56. The Kier molecular flexibility index (Phi) is 3.09. The lowest BCUT2D eigenvalue weighted by molar-refractivity contribution is 0.639. The van der Waals surface area contributed by atoms with E-state index in [-0.39, 0.29) is 0 Å². The molecule has 1 aromatic heterocycles. The minimum atomic E-state index is 0.557. The number of rotatable bonds is 2. The normalized spacial score (nSPS) is 19.8. The van der Waals surface area contributed by atoms with Crippen LogP contribution in [0.3, 0.4) is 0 Å². The minimum absolute atomic E-state index is 0.557. The van der Waals surface area contributed by atoms with Crippen molar-refractivity contribution in [2.24, 2.45) is 0 Å². The molecule has 16 heavy (non-hydrogen) atoms. The van der Waals surface area contributed by atoms with Crippen molar-refractivity contribution in [2.45, 2.75) is 39.2 Å². The van der Waals surface area contributed by atoms with E-state index < -0.39 is 0 Å². The Bertz CT molecular complexity index is 420. The predicted molar refractivity (Wildman–Crippen MR) is 64.3 cm³/mol. The summed E-state index contributed by atoms with van der Waals surface area (Å²) < 4.78 is 0. The fourth-order valence-electron chi connectivity index (χ4n) is 2.39. The number of aryl methyl sites for hydroxylation is 1. The molecule has 0 N–H and O–H groups in total. The number of aromatic nitrogens is 1. The van der Waals surface area contributed by atoms with Crippen molar-refractivity contribution in [3.63, 3.8) is 0 Å². The third kappa shape index (κ3) is 1.88. The van der Waals surface area contributed by atoms with Crippen molar-refractivity contribution in [3.8, 4) is 6.07 Å². The lowest BCUT2D eigenvalue weighted by Crippen LogP contribution is -2.30. The average molecular weight is 215 g/mol. The summed E-state index contributed by atoms with van der Waals surface area (Å²) in [4.78, 5) is 6.82. The fraction of sp³-hybridized carbons (Fsp3) is 0.538. The summed E-state index contributed by atoms with van der Waals surface area (Å²) in [5.74, 6) is 0.881. The van der Waals surface area contributed by atoms with Crippen molar-refractivity contribution in [3.05, 3.63) is 23.4 Å². The number of hydrogen-bond acceptors (Lipinski definition) is 3. The lowest BCUT2D eigenvalue weighted by atomic mass is 10.1. The molecule has 2 heterocycles. The zero-order chi connectivity index (χ0) is 11.5. The van der Waals surface area contributed by atoms with Crippen LogP contribution < -0.4 is 4.90 Å². The van der Waals surface area contributed by atoms with Crippen LogP contribution >= 0.6 is 0 Å². The summed E-state index contributed by atoms with van der Waals surface area (Å²) in [5.41, 5.74) is 1.68. The van der Waals surface area contributed by atoms with Gasteiger partial charge in [-0.05, 0) is 38.3 Å². The van der Waals surface area contributed by atoms with E-state index in [1.807, 2.05) is 19.1 Å². The monoisotopic (exact) mass is 215 g/mol. The third-order valence-corrected chi connectivity index (χ3v) is 3.26.